The molecule has 0 saturated heterocycles. The number of hydrogen-bond acceptors (Lipinski definition) is 0. The van der Waals surface area contributed by atoms with Gasteiger partial charge in [-0.15, -0.1) is 0 Å². The average molecular weight is 1080 g/mol. The van der Waals surface area contributed by atoms with Crippen LogP contribution in [0.1, 0.15) is 212 Å². The summed E-state index contributed by atoms with van der Waals surface area (Å²) in [5, 5.41) is 0. The van der Waals surface area contributed by atoms with Crippen molar-refractivity contribution in [3.05, 3.63) is 212 Å². The molecule has 0 N–H and O–H groups in total. The predicted octanol–water partition coefficient (Wildman–Crippen LogP) is 18.0. The van der Waals surface area contributed by atoms with Gasteiger partial charge in [0.1, 0.15) is 28.2 Å². The first-order chi connectivity index (χ1) is 43.0. The lowest BCUT2D eigenvalue weighted by Crippen LogP contribution is -2.32. The van der Waals surface area contributed by atoms with Crippen LogP contribution in [0.4, 0.5) is 0 Å². The van der Waals surface area contributed by atoms with Crippen LogP contribution in [0.5, 0.6) is 0 Å². The monoisotopic (exact) mass is 1070 g/mol. The lowest BCUT2D eigenvalue weighted by molar-refractivity contribution is -0.661. The van der Waals surface area contributed by atoms with Gasteiger partial charge in [-0.3, -0.25) is 0 Å². The van der Waals surface area contributed by atoms with Gasteiger partial charge in [-0.2, -0.15) is 0 Å². The van der Waals surface area contributed by atoms with Gasteiger partial charge in [0.15, 0.2) is 24.8 Å². The Morgan fingerprint density at radius 2 is 0.709 bits per heavy atom. The number of aromatic nitrogens is 4. The van der Waals surface area contributed by atoms with E-state index in [2.05, 4.69) is 35.8 Å². The summed E-state index contributed by atoms with van der Waals surface area (Å²) in [6, 6.07) is 33.7. The normalized spacial score (nSPS) is 15.6. The SMILES string of the molecule is [2H]C(C)(C)c1cc(-c2ccccc2C)[n+](C)cc1C([2H])(C)C.[2H]C([2H])([2H])c1ccc(-c2cc(C([2H])(C)C)c(C([2H])(C)C)c[n+]2C)c(C)c1.[2H]C([2H])([2H])c1ccc(-c2cc(C)c(C([2H])(C)C)c[n+]2C)c(C)c1.[2H]C([2H])([2H])c1ccc(-c2ccc(C([2H])([2H])C(C)C)c[n+]2C)c(C)c1. The van der Waals surface area contributed by atoms with E-state index in [-0.39, 0.29) is 5.92 Å². The molecule has 4 aromatic carbocycles. The van der Waals surface area contributed by atoms with Crippen LogP contribution in [0.3, 0.4) is 0 Å². The number of nitrogens with zero attached hydrogens (tertiary/aromatic N) is 4. The van der Waals surface area contributed by atoms with E-state index in [4.69, 9.17) is 21.9 Å². The topological polar surface area (TPSA) is 15.5 Å². The molecule has 4 aromatic heterocycles. The van der Waals surface area contributed by atoms with Crippen molar-refractivity contribution in [1.29, 1.82) is 0 Å². The maximum atomic E-state index is 8.53. The van der Waals surface area contributed by atoms with Gasteiger partial charge in [-0.25, -0.2) is 18.3 Å². The fraction of sp³-hybridized carbons (Fsp3) is 0.413. The van der Waals surface area contributed by atoms with Crippen molar-refractivity contribution in [1.82, 2.24) is 0 Å². The Morgan fingerprint density at radius 3 is 1.06 bits per heavy atom. The summed E-state index contributed by atoms with van der Waals surface area (Å²) in [4.78, 5) is 0. The zero-order valence-corrected chi connectivity index (χ0v) is 51.6. The second kappa shape index (κ2) is 28.1. The summed E-state index contributed by atoms with van der Waals surface area (Å²) in [6.07, 6.45) is 6.35. The third-order valence-electron chi connectivity index (χ3n) is 14.2. The van der Waals surface area contributed by atoms with Crippen LogP contribution in [0.15, 0.2) is 134 Å². The van der Waals surface area contributed by atoms with Crippen LogP contribution >= 0.6 is 0 Å². The van der Waals surface area contributed by atoms with Crippen molar-refractivity contribution in [3.63, 3.8) is 0 Å². The summed E-state index contributed by atoms with van der Waals surface area (Å²) < 4.78 is 134. The highest BCUT2D eigenvalue weighted by atomic mass is 14.9. The quantitative estimate of drug-likeness (QED) is 0.115. The van der Waals surface area contributed by atoms with Gasteiger partial charge < -0.3 is 0 Å². The molecule has 4 nitrogen and oxygen atoms in total. The molecular formula is C75H102N4+4. The third kappa shape index (κ3) is 16.5. The van der Waals surface area contributed by atoms with Gasteiger partial charge >= 0.3 is 0 Å². The van der Waals surface area contributed by atoms with E-state index in [9.17, 15) is 0 Å². The predicted molar refractivity (Wildman–Crippen MR) is 339 cm³/mol. The smallest absolute Gasteiger partial charge is 0.201 e. The Kier molecular flexibility index (Phi) is 15.4. The number of rotatable bonds is 11. The minimum Gasteiger partial charge on any atom is -0.201 e. The van der Waals surface area contributed by atoms with Gasteiger partial charge in [0.2, 0.25) is 22.8 Å². The molecule has 79 heavy (non-hydrogen) atoms. The van der Waals surface area contributed by atoms with Gasteiger partial charge in [-0.05, 0) is 166 Å². The van der Waals surface area contributed by atoms with Gasteiger partial charge in [0.05, 0.1) is 0 Å². The van der Waals surface area contributed by atoms with Crippen LogP contribution in [0.25, 0.3) is 45.0 Å². The van der Waals surface area contributed by atoms with Crippen LogP contribution in [-0.2, 0) is 34.6 Å². The molecule has 4 heterocycles. The highest BCUT2D eigenvalue weighted by Gasteiger charge is 2.23. The number of hydrogen-bond donors (Lipinski definition) is 0. The molecule has 0 aliphatic rings. The minimum atomic E-state index is -2.13. The number of pyridine rings is 4. The standard InChI is InChI=1S/C20H28N.C19H26N.2C18H24N/c1-13(2)18-11-20(21(7)12-19(18)14(3)4)17-9-8-15(5)10-16(17)6;1-13(2)17-11-19(16-10-8-7-9-15(16)5)20(6)12-18(17)14(3)4;1-12(2)17-11-19(6)18(10-15(17)5)16-8-7-13(3)9-14(16)4;1-13(2)10-16-7-9-18(19(5)12-16)17-8-6-14(3)11-15(17)4/h8-14H,1-7H3;7-14H,1-6H3;7-12H,1-6H3;6-9,11-13H,10H2,1-5H3/q4*+1/i5D3,13D,14D;13D,14D;3D3,12D;3D3,10D2. The molecule has 0 atom stereocenters. The first-order valence-electron chi connectivity index (χ1n) is 35.5. The van der Waals surface area contributed by atoms with E-state index in [0.717, 1.165) is 89.5 Å². The molecule has 8 rings (SSSR count). The molecule has 0 unspecified atom stereocenters. The van der Waals surface area contributed by atoms with Crippen molar-refractivity contribution in [3.8, 4) is 45.0 Å². The molecule has 4 heteroatoms. The molecule has 0 saturated carbocycles. The highest BCUT2D eigenvalue weighted by molar-refractivity contribution is 5.65. The van der Waals surface area contributed by atoms with Gasteiger partial charge in [-0.1, -0.05) is 154 Å². The maximum absolute atomic E-state index is 8.53. The van der Waals surface area contributed by atoms with E-state index < -0.39 is 56.4 Å². The molecule has 0 amide bonds. The van der Waals surface area contributed by atoms with Gasteiger partial charge in [0.25, 0.3) is 0 Å². The molecule has 0 fully saturated rings. The number of benzene rings is 4. The Balaban J connectivity index is 0.000000230. The molecule has 0 spiro atoms. The lowest BCUT2D eigenvalue weighted by atomic mass is 9.90. The van der Waals surface area contributed by atoms with Crippen LogP contribution in [-0.4, -0.2) is 0 Å². The van der Waals surface area contributed by atoms with Crippen molar-refractivity contribution in [2.45, 2.75) is 174 Å². The molecule has 0 aliphatic carbocycles. The zero-order valence-electron chi connectivity index (χ0n) is 67.6. The molecule has 0 bridgehead atoms. The van der Waals surface area contributed by atoms with Crippen molar-refractivity contribution < 1.29 is 40.2 Å². The average Bonchev–Trinajstić information content (AvgIpc) is 0.785. The summed E-state index contributed by atoms with van der Waals surface area (Å²) in [5.74, 6) is -3.90. The van der Waals surface area contributed by atoms with Crippen molar-refractivity contribution in [2.24, 2.45) is 34.1 Å². The zero-order chi connectivity index (χ0) is 72.6. The first-order valence-corrected chi connectivity index (χ1v) is 27.5. The summed E-state index contributed by atoms with van der Waals surface area (Å²) in [7, 11) is 7.77. The first kappa shape index (κ1) is 43.3. The largest absolute Gasteiger partial charge is 0.212 e. The fourth-order valence-electron chi connectivity index (χ4n) is 10.0. The van der Waals surface area contributed by atoms with E-state index in [0.29, 0.717) is 22.3 Å². The molecule has 0 radical (unpaired) electrons. The lowest BCUT2D eigenvalue weighted by Gasteiger charge is -2.16. The third-order valence-corrected chi connectivity index (χ3v) is 14.2. The highest BCUT2D eigenvalue weighted by Crippen LogP contribution is 2.32. The van der Waals surface area contributed by atoms with Crippen LogP contribution < -0.4 is 18.3 Å². The van der Waals surface area contributed by atoms with E-state index in [1.807, 2.05) is 226 Å². The maximum Gasteiger partial charge on any atom is 0.212 e. The molecular weight excluding hydrogens is 957 g/mol. The second-order valence-electron chi connectivity index (χ2n) is 22.7. The van der Waals surface area contributed by atoms with E-state index >= 15 is 0 Å². The van der Waals surface area contributed by atoms with Crippen molar-refractivity contribution in [2.75, 3.05) is 0 Å². The number of aryl methyl sites for hydroxylation is 12. The van der Waals surface area contributed by atoms with E-state index in [1.54, 1.807) is 36.4 Å². The Labute approximate surface area is 503 Å². The summed E-state index contributed by atoms with van der Waals surface area (Å²) in [5.41, 5.74) is 19.1. The second-order valence-corrected chi connectivity index (χ2v) is 22.7. The Bertz CT molecular complexity index is 4050. The Morgan fingerprint density at radius 1 is 0.354 bits per heavy atom. The molecule has 0 aliphatic heterocycles. The van der Waals surface area contributed by atoms with E-state index in [1.165, 1.54) is 11.1 Å². The molecule has 8 aromatic rings. The Hall–Kier alpha value is -6.52. The fourth-order valence-corrected chi connectivity index (χ4v) is 10.0. The van der Waals surface area contributed by atoms with Crippen molar-refractivity contribution >= 4 is 0 Å². The summed E-state index contributed by atoms with van der Waals surface area (Å²) in [6.45, 7) is 25.9. The van der Waals surface area contributed by atoms with Crippen LogP contribution in [0.2, 0.25) is 0 Å². The molecule has 418 valence electrons. The minimum absolute atomic E-state index is 0.122. The van der Waals surface area contributed by atoms with Gasteiger partial charge in [0, 0.05) is 90.7 Å². The van der Waals surface area contributed by atoms with Crippen LogP contribution in [0, 0.1) is 61.1 Å². The summed E-state index contributed by atoms with van der Waals surface area (Å²) >= 11 is 0.